The average Bonchev–Trinajstić information content (AvgIpc) is 3.03. The maximum absolute atomic E-state index is 14.4. The molecule has 12 heteroatoms. The lowest BCUT2D eigenvalue weighted by Gasteiger charge is -2.34. The van der Waals surface area contributed by atoms with Crippen molar-refractivity contribution in [2.45, 2.75) is 43.9 Å². The second-order valence-corrected chi connectivity index (χ2v) is 12.8. The van der Waals surface area contributed by atoms with Crippen molar-refractivity contribution in [1.29, 1.82) is 0 Å². The minimum Gasteiger partial charge on any atom is -0.355 e. The molecule has 4 rings (SSSR count). The van der Waals surface area contributed by atoms with E-state index >= 15 is 0 Å². The molecule has 0 spiro atoms. The van der Waals surface area contributed by atoms with Crippen molar-refractivity contribution in [3.05, 3.63) is 130 Å². The van der Waals surface area contributed by atoms with E-state index in [9.17, 15) is 31.2 Å². The number of likely N-dealkylation sites (N-methyl/N-ethyl adjacent to an activating group) is 1. The third-order valence-electron chi connectivity index (χ3n) is 7.38. The van der Waals surface area contributed by atoms with Crippen LogP contribution in [0.25, 0.3) is 0 Å². The number of benzene rings is 4. The van der Waals surface area contributed by atoms with Gasteiger partial charge in [0.25, 0.3) is 10.0 Å². The van der Waals surface area contributed by atoms with Gasteiger partial charge in [0.1, 0.15) is 12.6 Å². The Hall–Kier alpha value is -4.35. The Kier molecular flexibility index (Phi) is 11.1. The number of carbonyl (C=O) groups excluding carboxylic acids is 2. The van der Waals surface area contributed by atoms with Gasteiger partial charge >= 0.3 is 6.18 Å². The van der Waals surface area contributed by atoms with E-state index in [0.29, 0.717) is 15.9 Å². The topological polar surface area (TPSA) is 86.8 Å². The van der Waals surface area contributed by atoms with Crippen molar-refractivity contribution < 1.29 is 31.2 Å². The first-order valence-electron chi connectivity index (χ1n) is 14.4. The van der Waals surface area contributed by atoms with Crippen LogP contribution in [-0.2, 0) is 38.8 Å². The molecule has 0 heterocycles. The second kappa shape index (κ2) is 14.8. The number of carbonyl (C=O) groups is 2. The highest BCUT2D eigenvalue weighted by molar-refractivity contribution is 7.92. The SMILES string of the molecule is CCNC(=O)[C@@H](Cc1ccccc1)N(Cc1ccccc1C)C(=O)CN(c1cc(C(F)(F)F)ccc1Cl)S(=O)(=O)c1ccccc1. The van der Waals surface area contributed by atoms with E-state index in [1.807, 2.05) is 25.1 Å². The first kappa shape index (κ1) is 34.5. The third kappa shape index (κ3) is 8.27. The second-order valence-electron chi connectivity index (χ2n) is 10.5. The lowest BCUT2D eigenvalue weighted by molar-refractivity contribution is -0.140. The van der Waals surface area contributed by atoms with Crippen LogP contribution in [-0.4, -0.2) is 44.3 Å². The number of hydrogen-bond acceptors (Lipinski definition) is 4. The quantitative estimate of drug-likeness (QED) is 0.183. The van der Waals surface area contributed by atoms with Crippen LogP contribution >= 0.6 is 11.6 Å². The highest BCUT2D eigenvalue weighted by atomic mass is 35.5. The smallest absolute Gasteiger partial charge is 0.355 e. The molecule has 4 aromatic rings. The third-order valence-corrected chi connectivity index (χ3v) is 9.47. The molecule has 1 N–H and O–H groups in total. The van der Waals surface area contributed by atoms with Gasteiger partial charge < -0.3 is 10.2 Å². The van der Waals surface area contributed by atoms with Crippen molar-refractivity contribution in [3.63, 3.8) is 0 Å². The Balaban J connectivity index is 1.87. The number of halogens is 4. The maximum atomic E-state index is 14.4. The molecule has 0 bridgehead atoms. The first-order chi connectivity index (χ1) is 21.8. The zero-order valence-corrected chi connectivity index (χ0v) is 26.7. The molecule has 0 aliphatic rings. The summed E-state index contributed by atoms with van der Waals surface area (Å²) in [5, 5.41) is 2.46. The minimum absolute atomic E-state index is 0.0737. The molecule has 46 heavy (non-hydrogen) atoms. The predicted molar refractivity (Wildman–Crippen MR) is 172 cm³/mol. The molecule has 2 amide bonds. The van der Waals surface area contributed by atoms with Crippen molar-refractivity contribution in [2.24, 2.45) is 0 Å². The predicted octanol–water partition coefficient (Wildman–Crippen LogP) is 6.64. The molecule has 4 aromatic carbocycles. The highest BCUT2D eigenvalue weighted by Gasteiger charge is 2.37. The van der Waals surface area contributed by atoms with E-state index in [1.54, 1.807) is 49.4 Å². The molecule has 0 fully saturated rings. The average molecular weight is 672 g/mol. The number of anilines is 1. The fraction of sp³-hybridized carbons (Fsp3) is 0.235. The lowest BCUT2D eigenvalue weighted by atomic mass is 10.0. The Labute approximate surface area is 271 Å². The number of nitrogens with zero attached hydrogens (tertiary/aromatic N) is 2. The van der Waals surface area contributed by atoms with Crippen LogP contribution in [0.5, 0.6) is 0 Å². The van der Waals surface area contributed by atoms with E-state index in [-0.39, 0.29) is 29.4 Å². The van der Waals surface area contributed by atoms with Gasteiger partial charge in [-0.25, -0.2) is 8.42 Å². The first-order valence-corrected chi connectivity index (χ1v) is 16.2. The molecule has 0 aromatic heterocycles. The molecule has 242 valence electrons. The molecule has 0 radical (unpaired) electrons. The summed E-state index contributed by atoms with van der Waals surface area (Å²) in [5.74, 6) is -1.29. The van der Waals surface area contributed by atoms with Gasteiger partial charge in [-0.15, -0.1) is 0 Å². The highest BCUT2D eigenvalue weighted by Crippen LogP contribution is 2.37. The molecule has 1 atom stereocenters. The van der Waals surface area contributed by atoms with Gasteiger partial charge in [0.15, 0.2) is 0 Å². The summed E-state index contributed by atoms with van der Waals surface area (Å²) in [7, 11) is -4.63. The van der Waals surface area contributed by atoms with Gasteiger partial charge in [0, 0.05) is 19.5 Å². The van der Waals surface area contributed by atoms with E-state index < -0.39 is 51.9 Å². The van der Waals surface area contributed by atoms with Crippen molar-refractivity contribution in [1.82, 2.24) is 10.2 Å². The summed E-state index contributed by atoms with van der Waals surface area (Å²) in [6.07, 6.45) is -4.72. The van der Waals surface area contributed by atoms with Gasteiger partial charge in [-0.1, -0.05) is 84.4 Å². The standard InChI is InChI=1S/C34H33ClF3N3O4S/c1-3-39-33(43)31(20-25-13-6-4-7-14-25)40(22-26-15-11-10-12-24(26)2)32(42)23-41(46(44,45)28-16-8-5-9-17-28)30-21-27(34(36,37)38)18-19-29(30)35/h4-19,21,31H,3,20,22-23H2,1-2H3,(H,39,43)/t31-/m1/s1. The molecule has 7 nitrogen and oxygen atoms in total. The number of amides is 2. The fourth-order valence-corrected chi connectivity index (χ4v) is 6.65. The summed E-state index contributed by atoms with van der Waals surface area (Å²) in [6, 6.07) is 24.4. The summed E-state index contributed by atoms with van der Waals surface area (Å²) in [4.78, 5) is 29.0. The minimum atomic E-state index is -4.82. The van der Waals surface area contributed by atoms with Gasteiger partial charge in [0.05, 0.1) is 21.2 Å². The normalized spacial score (nSPS) is 12.3. The van der Waals surface area contributed by atoms with Crippen molar-refractivity contribution in [2.75, 3.05) is 17.4 Å². The zero-order chi connectivity index (χ0) is 33.5. The largest absolute Gasteiger partial charge is 0.416 e. The Morgan fingerprint density at radius 1 is 0.891 bits per heavy atom. The van der Waals surface area contributed by atoms with Crippen molar-refractivity contribution in [3.8, 4) is 0 Å². The van der Waals surface area contributed by atoms with E-state index in [4.69, 9.17) is 11.6 Å². The number of hydrogen-bond donors (Lipinski definition) is 1. The van der Waals surface area contributed by atoms with Gasteiger partial charge in [-0.05, 0) is 60.9 Å². The van der Waals surface area contributed by atoms with Gasteiger partial charge in [-0.2, -0.15) is 13.2 Å². The number of aryl methyl sites for hydroxylation is 1. The summed E-state index contributed by atoms with van der Waals surface area (Å²) in [5.41, 5.74) is 0.601. The number of alkyl halides is 3. The van der Waals surface area contributed by atoms with Crippen LogP contribution in [0.2, 0.25) is 5.02 Å². The number of nitrogens with one attached hydrogen (secondary N) is 1. The molecule has 0 saturated heterocycles. The van der Waals surface area contributed by atoms with E-state index in [2.05, 4.69) is 5.32 Å². The Bertz CT molecular complexity index is 1770. The van der Waals surface area contributed by atoms with E-state index in [0.717, 1.165) is 23.3 Å². The molecule has 0 saturated carbocycles. The van der Waals surface area contributed by atoms with Crippen LogP contribution in [0, 0.1) is 6.92 Å². The van der Waals surface area contributed by atoms with Crippen LogP contribution in [0.4, 0.5) is 18.9 Å². The molecule has 0 unspecified atom stereocenters. The van der Waals surface area contributed by atoms with Crippen LogP contribution in [0.15, 0.2) is 108 Å². The van der Waals surface area contributed by atoms with Crippen molar-refractivity contribution >= 4 is 39.1 Å². The summed E-state index contributed by atoms with van der Waals surface area (Å²) >= 11 is 6.35. The number of sulfonamides is 1. The van der Waals surface area contributed by atoms with Crippen LogP contribution < -0.4 is 9.62 Å². The zero-order valence-electron chi connectivity index (χ0n) is 25.2. The molecule has 0 aliphatic carbocycles. The fourth-order valence-electron chi connectivity index (χ4n) is 4.93. The Morgan fingerprint density at radius 2 is 1.50 bits per heavy atom. The Morgan fingerprint density at radius 3 is 2.11 bits per heavy atom. The lowest BCUT2D eigenvalue weighted by Crippen LogP contribution is -2.53. The maximum Gasteiger partial charge on any atom is 0.416 e. The number of rotatable bonds is 12. The van der Waals surface area contributed by atoms with Crippen LogP contribution in [0.3, 0.4) is 0 Å². The summed E-state index contributed by atoms with van der Waals surface area (Å²) in [6.45, 7) is 2.83. The van der Waals surface area contributed by atoms with Gasteiger partial charge in [0.2, 0.25) is 11.8 Å². The monoisotopic (exact) mass is 671 g/mol. The molecular weight excluding hydrogens is 639 g/mol. The molecule has 0 aliphatic heterocycles. The summed E-state index contributed by atoms with van der Waals surface area (Å²) < 4.78 is 70.1. The molecular formula is C34H33ClF3N3O4S. The van der Waals surface area contributed by atoms with E-state index in [1.165, 1.54) is 29.2 Å². The van der Waals surface area contributed by atoms with Gasteiger partial charge in [-0.3, -0.25) is 13.9 Å². The van der Waals surface area contributed by atoms with Crippen LogP contribution in [0.1, 0.15) is 29.2 Å².